The third-order valence-electron chi connectivity index (χ3n) is 6.82. The summed E-state index contributed by atoms with van der Waals surface area (Å²) in [6.45, 7) is 9.27. The minimum absolute atomic E-state index is 0.0441. The lowest BCUT2D eigenvalue weighted by Crippen LogP contribution is -2.49. The number of carbonyl (C=O) groups is 4. The minimum Gasteiger partial charge on any atom is -0.481 e. The van der Waals surface area contributed by atoms with Crippen molar-refractivity contribution in [3.05, 3.63) is 29.8 Å². The molecule has 0 radical (unpaired) electrons. The summed E-state index contributed by atoms with van der Waals surface area (Å²) in [5, 5.41) is 24.5. The van der Waals surface area contributed by atoms with Gasteiger partial charge in [0.15, 0.2) is 0 Å². The van der Waals surface area contributed by atoms with Gasteiger partial charge in [-0.25, -0.2) is 9.59 Å². The molecule has 4 N–H and O–H groups in total. The van der Waals surface area contributed by atoms with Crippen molar-refractivity contribution in [3.8, 4) is 0 Å². The van der Waals surface area contributed by atoms with Crippen molar-refractivity contribution < 1.29 is 34.1 Å². The van der Waals surface area contributed by atoms with Crippen LogP contribution in [0, 0.1) is 22.7 Å². The number of amides is 2. The second-order valence-corrected chi connectivity index (χ2v) is 9.87. The fourth-order valence-corrected chi connectivity index (χ4v) is 4.17. The number of carboxylic acids is 2. The van der Waals surface area contributed by atoms with Crippen LogP contribution in [0.2, 0.25) is 0 Å². The first-order valence-electron chi connectivity index (χ1n) is 11.1. The second-order valence-electron chi connectivity index (χ2n) is 9.87. The van der Waals surface area contributed by atoms with Crippen molar-refractivity contribution in [3.63, 3.8) is 0 Å². The Labute approximate surface area is 193 Å². The van der Waals surface area contributed by atoms with Crippen LogP contribution in [0.1, 0.15) is 53.0 Å². The van der Waals surface area contributed by atoms with E-state index in [1.54, 1.807) is 45.0 Å². The fraction of sp³-hybridized carbons (Fsp3) is 0.583. The Kier molecular flexibility index (Phi) is 8.11. The standard InChI is InChI=1S/C24H34N2O7/c1-14(2)13-33-22(32)25-16-8-6-15(7-9-16)12-18(20(28)29)26-19(27)17-10-11-24(5,21(30)31)23(17,3)4/h6-9,14,17-18H,10-13H2,1-5H3,(H,25,32)(H,26,27)(H,28,29)(H,30,31)/t17-,18+,24+/m1/s1. The highest BCUT2D eigenvalue weighted by molar-refractivity contribution is 5.88. The monoisotopic (exact) mass is 462 g/mol. The van der Waals surface area contributed by atoms with E-state index in [9.17, 15) is 29.4 Å². The molecular formula is C24H34N2O7. The molecule has 0 bridgehead atoms. The molecule has 33 heavy (non-hydrogen) atoms. The molecule has 3 atom stereocenters. The third-order valence-corrected chi connectivity index (χ3v) is 6.82. The maximum absolute atomic E-state index is 12.9. The van der Waals surface area contributed by atoms with Crippen LogP contribution in [0.25, 0.3) is 0 Å². The van der Waals surface area contributed by atoms with Gasteiger partial charge in [0, 0.05) is 18.0 Å². The van der Waals surface area contributed by atoms with Gasteiger partial charge in [0.2, 0.25) is 5.91 Å². The number of hydrogen-bond acceptors (Lipinski definition) is 5. The van der Waals surface area contributed by atoms with E-state index in [4.69, 9.17) is 4.74 Å². The molecule has 0 heterocycles. The predicted octanol–water partition coefficient (Wildman–Crippen LogP) is 3.53. The molecule has 0 spiro atoms. The van der Waals surface area contributed by atoms with Crippen LogP contribution in [0.4, 0.5) is 10.5 Å². The summed E-state index contributed by atoms with van der Waals surface area (Å²) in [6, 6.07) is 5.43. The van der Waals surface area contributed by atoms with Gasteiger partial charge in [-0.05, 0) is 48.8 Å². The number of nitrogens with one attached hydrogen (secondary N) is 2. The number of benzene rings is 1. The molecule has 2 rings (SSSR count). The number of carboxylic acid groups (broad SMARTS) is 2. The van der Waals surface area contributed by atoms with Gasteiger partial charge in [-0.1, -0.05) is 39.8 Å². The molecule has 1 aromatic rings. The normalized spacial score (nSPS) is 22.4. The van der Waals surface area contributed by atoms with Crippen molar-refractivity contribution in [2.45, 2.75) is 59.9 Å². The average molecular weight is 463 g/mol. The first kappa shape index (κ1) is 26.2. The number of ether oxygens (including phenoxy) is 1. The molecule has 1 fully saturated rings. The maximum Gasteiger partial charge on any atom is 0.411 e. The van der Waals surface area contributed by atoms with Crippen LogP contribution >= 0.6 is 0 Å². The lowest BCUT2D eigenvalue weighted by atomic mass is 9.65. The van der Waals surface area contributed by atoms with E-state index >= 15 is 0 Å². The van der Waals surface area contributed by atoms with Gasteiger partial charge in [0.05, 0.1) is 12.0 Å². The fourth-order valence-electron chi connectivity index (χ4n) is 4.17. The van der Waals surface area contributed by atoms with Crippen LogP contribution in [0.5, 0.6) is 0 Å². The number of rotatable bonds is 9. The third kappa shape index (κ3) is 6.03. The molecule has 182 valence electrons. The molecule has 0 aliphatic heterocycles. The Bertz CT molecular complexity index is 895. The summed E-state index contributed by atoms with van der Waals surface area (Å²) < 4.78 is 5.06. The molecular weight excluding hydrogens is 428 g/mol. The SMILES string of the molecule is CC(C)COC(=O)Nc1ccc(C[C@H](NC(=O)[C@H]2CC[C@@](C)(C(=O)O)C2(C)C)C(=O)O)cc1. The molecule has 9 nitrogen and oxygen atoms in total. The van der Waals surface area contributed by atoms with Crippen LogP contribution in [0.3, 0.4) is 0 Å². The van der Waals surface area contributed by atoms with E-state index in [1.807, 2.05) is 13.8 Å². The summed E-state index contributed by atoms with van der Waals surface area (Å²) in [5.41, 5.74) is -0.731. The summed E-state index contributed by atoms with van der Waals surface area (Å²) in [4.78, 5) is 48.3. The zero-order valence-electron chi connectivity index (χ0n) is 19.8. The van der Waals surface area contributed by atoms with Crippen LogP contribution in [-0.2, 0) is 25.5 Å². The lowest BCUT2D eigenvalue weighted by molar-refractivity contribution is -0.155. The van der Waals surface area contributed by atoms with Crippen LogP contribution in [-0.4, -0.2) is 46.8 Å². The molecule has 1 aliphatic rings. The molecule has 1 aliphatic carbocycles. The van der Waals surface area contributed by atoms with Gasteiger partial charge in [-0.3, -0.25) is 14.9 Å². The second kappa shape index (κ2) is 10.2. The zero-order valence-corrected chi connectivity index (χ0v) is 19.8. The van der Waals surface area contributed by atoms with Gasteiger partial charge in [0.25, 0.3) is 0 Å². The summed E-state index contributed by atoms with van der Waals surface area (Å²) in [6.07, 6.45) is 0.197. The van der Waals surface area contributed by atoms with Gasteiger partial charge >= 0.3 is 18.0 Å². The number of carbonyl (C=O) groups excluding carboxylic acids is 2. The summed E-state index contributed by atoms with van der Waals surface area (Å²) in [7, 11) is 0. The van der Waals surface area contributed by atoms with Gasteiger partial charge in [0.1, 0.15) is 6.04 Å². The number of aliphatic carboxylic acids is 2. The van der Waals surface area contributed by atoms with Crippen LogP contribution in [0.15, 0.2) is 24.3 Å². The minimum atomic E-state index is -1.18. The number of anilines is 1. The first-order valence-corrected chi connectivity index (χ1v) is 11.1. The van der Waals surface area contributed by atoms with Crippen molar-refractivity contribution in [2.24, 2.45) is 22.7 Å². The maximum atomic E-state index is 12.9. The predicted molar refractivity (Wildman–Crippen MR) is 122 cm³/mol. The molecule has 0 aromatic heterocycles. The van der Waals surface area contributed by atoms with Crippen molar-refractivity contribution in [2.75, 3.05) is 11.9 Å². The Hall–Kier alpha value is -3.10. The Morgan fingerprint density at radius 2 is 1.70 bits per heavy atom. The first-order chi connectivity index (χ1) is 15.3. The van der Waals surface area contributed by atoms with E-state index in [0.29, 0.717) is 30.7 Å². The zero-order chi connectivity index (χ0) is 25.0. The van der Waals surface area contributed by atoms with E-state index in [-0.39, 0.29) is 12.3 Å². The van der Waals surface area contributed by atoms with Gasteiger partial charge in [-0.2, -0.15) is 0 Å². The van der Waals surface area contributed by atoms with Gasteiger partial charge < -0.3 is 20.3 Å². The summed E-state index contributed by atoms with van der Waals surface area (Å²) >= 11 is 0. The molecule has 9 heteroatoms. The Balaban J connectivity index is 2.02. The number of hydrogen-bond donors (Lipinski definition) is 4. The highest BCUT2D eigenvalue weighted by Gasteiger charge is 2.58. The molecule has 2 amide bonds. The smallest absolute Gasteiger partial charge is 0.411 e. The summed E-state index contributed by atoms with van der Waals surface area (Å²) in [5.74, 6) is -2.99. The quantitative estimate of drug-likeness (QED) is 0.440. The molecule has 1 saturated carbocycles. The Morgan fingerprint density at radius 3 is 2.18 bits per heavy atom. The van der Waals surface area contributed by atoms with E-state index in [2.05, 4.69) is 10.6 Å². The highest BCUT2D eigenvalue weighted by Crippen LogP contribution is 2.56. The van der Waals surface area contributed by atoms with Crippen molar-refractivity contribution in [1.82, 2.24) is 5.32 Å². The van der Waals surface area contributed by atoms with E-state index in [0.717, 1.165) is 0 Å². The highest BCUT2D eigenvalue weighted by atomic mass is 16.5. The van der Waals surface area contributed by atoms with E-state index in [1.165, 1.54) is 0 Å². The largest absolute Gasteiger partial charge is 0.481 e. The Morgan fingerprint density at radius 1 is 1.09 bits per heavy atom. The molecule has 0 saturated heterocycles. The van der Waals surface area contributed by atoms with Crippen LogP contribution < -0.4 is 10.6 Å². The lowest BCUT2D eigenvalue weighted by Gasteiger charge is -2.38. The van der Waals surface area contributed by atoms with Crippen molar-refractivity contribution in [1.29, 1.82) is 0 Å². The molecule has 1 aromatic carbocycles. The van der Waals surface area contributed by atoms with Crippen molar-refractivity contribution >= 4 is 29.6 Å². The van der Waals surface area contributed by atoms with E-state index < -0.39 is 46.7 Å². The average Bonchev–Trinajstić information content (AvgIpc) is 2.97. The topological polar surface area (TPSA) is 142 Å². The molecule has 0 unspecified atom stereocenters. The van der Waals surface area contributed by atoms with Gasteiger partial charge in [-0.15, -0.1) is 0 Å².